The summed E-state index contributed by atoms with van der Waals surface area (Å²) in [6.07, 6.45) is 2.04. The lowest BCUT2D eigenvalue weighted by atomic mass is 10.1. The summed E-state index contributed by atoms with van der Waals surface area (Å²) in [5.41, 5.74) is 1.17. The van der Waals surface area contributed by atoms with E-state index in [4.69, 9.17) is 0 Å². The highest BCUT2D eigenvalue weighted by molar-refractivity contribution is 9.09. The van der Waals surface area contributed by atoms with Crippen molar-refractivity contribution >= 4 is 26.0 Å². The summed E-state index contributed by atoms with van der Waals surface area (Å²) in [7, 11) is -3.42. The molecule has 0 amide bonds. The van der Waals surface area contributed by atoms with Gasteiger partial charge >= 0.3 is 0 Å². The highest BCUT2D eigenvalue weighted by Crippen LogP contribution is 2.14. The third kappa shape index (κ3) is 4.89. The molecule has 0 aliphatic heterocycles. The minimum absolute atomic E-state index is 0.0975. The molecule has 0 fully saturated rings. The molecular weight excluding hydrogens is 326 g/mol. The summed E-state index contributed by atoms with van der Waals surface area (Å²) in [5.74, 6) is 0.245. The van der Waals surface area contributed by atoms with Crippen LogP contribution in [0.3, 0.4) is 0 Å². The van der Waals surface area contributed by atoms with Crippen LogP contribution in [0.5, 0.6) is 0 Å². The van der Waals surface area contributed by atoms with Gasteiger partial charge in [-0.25, -0.2) is 13.1 Å². The zero-order valence-electron chi connectivity index (χ0n) is 11.7. The first-order chi connectivity index (χ1) is 8.90. The SMILES string of the molecule is CCCc1ccc(S(=O)(=O)NC(C)C(C)CBr)cc1. The van der Waals surface area contributed by atoms with Crippen LogP contribution in [0.4, 0.5) is 0 Å². The molecule has 1 N–H and O–H groups in total. The zero-order chi connectivity index (χ0) is 14.5. The first kappa shape index (κ1) is 16.7. The fourth-order valence-corrected chi connectivity index (χ4v) is 3.60. The summed E-state index contributed by atoms with van der Waals surface area (Å²) in [6, 6.07) is 7.03. The molecule has 2 unspecified atom stereocenters. The molecule has 1 aromatic carbocycles. The van der Waals surface area contributed by atoms with Gasteiger partial charge in [-0.2, -0.15) is 0 Å². The van der Waals surface area contributed by atoms with Gasteiger partial charge in [0.25, 0.3) is 0 Å². The Morgan fingerprint density at radius 2 is 1.79 bits per heavy atom. The first-order valence-electron chi connectivity index (χ1n) is 6.58. The van der Waals surface area contributed by atoms with Crippen LogP contribution in [-0.2, 0) is 16.4 Å². The molecule has 19 heavy (non-hydrogen) atoms. The number of halogens is 1. The van der Waals surface area contributed by atoms with Gasteiger partial charge < -0.3 is 0 Å². The Morgan fingerprint density at radius 1 is 1.21 bits per heavy atom. The largest absolute Gasteiger partial charge is 0.240 e. The molecule has 0 bridgehead atoms. The molecule has 1 rings (SSSR count). The minimum Gasteiger partial charge on any atom is -0.208 e. The van der Waals surface area contributed by atoms with Gasteiger partial charge in [-0.3, -0.25) is 0 Å². The van der Waals surface area contributed by atoms with E-state index in [1.165, 1.54) is 5.56 Å². The Morgan fingerprint density at radius 3 is 2.26 bits per heavy atom. The third-order valence-electron chi connectivity index (χ3n) is 3.21. The van der Waals surface area contributed by atoms with E-state index in [-0.39, 0.29) is 12.0 Å². The number of sulfonamides is 1. The number of aryl methyl sites for hydroxylation is 1. The van der Waals surface area contributed by atoms with E-state index in [9.17, 15) is 8.42 Å². The summed E-state index contributed by atoms with van der Waals surface area (Å²) >= 11 is 3.37. The van der Waals surface area contributed by atoms with Gasteiger partial charge in [-0.1, -0.05) is 48.3 Å². The summed E-state index contributed by atoms with van der Waals surface area (Å²) in [5, 5.41) is 0.770. The number of hydrogen-bond acceptors (Lipinski definition) is 2. The minimum atomic E-state index is -3.42. The molecule has 5 heteroatoms. The molecule has 0 aliphatic rings. The van der Waals surface area contributed by atoms with Crippen LogP contribution in [-0.4, -0.2) is 19.8 Å². The fraction of sp³-hybridized carbons (Fsp3) is 0.571. The van der Waals surface area contributed by atoms with Gasteiger partial charge in [0.15, 0.2) is 0 Å². The lowest BCUT2D eigenvalue weighted by Crippen LogP contribution is -2.37. The lowest BCUT2D eigenvalue weighted by molar-refractivity contribution is 0.484. The second kappa shape index (κ2) is 7.41. The molecule has 108 valence electrons. The summed E-state index contributed by atoms with van der Waals surface area (Å²) in [6.45, 7) is 6.00. The second-order valence-electron chi connectivity index (χ2n) is 4.94. The fourth-order valence-electron chi connectivity index (χ4n) is 1.69. The molecular formula is C14H22BrNO2S. The summed E-state index contributed by atoms with van der Waals surface area (Å²) in [4.78, 5) is 0.334. The lowest BCUT2D eigenvalue weighted by Gasteiger charge is -2.19. The molecule has 2 atom stereocenters. The van der Waals surface area contributed by atoms with E-state index in [2.05, 4.69) is 27.6 Å². The van der Waals surface area contributed by atoms with Crippen LogP contribution in [0.25, 0.3) is 0 Å². The average molecular weight is 348 g/mol. The Labute approximate surface area is 125 Å². The first-order valence-corrected chi connectivity index (χ1v) is 9.18. The van der Waals surface area contributed by atoms with Crippen molar-refractivity contribution < 1.29 is 8.42 Å². The van der Waals surface area contributed by atoms with Crippen molar-refractivity contribution in [3.63, 3.8) is 0 Å². The van der Waals surface area contributed by atoms with Crippen LogP contribution >= 0.6 is 15.9 Å². The van der Waals surface area contributed by atoms with Crippen molar-refractivity contribution in [2.45, 2.75) is 44.6 Å². The molecule has 0 spiro atoms. The Bertz CT molecular complexity index is 485. The quantitative estimate of drug-likeness (QED) is 0.769. The smallest absolute Gasteiger partial charge is 0.208 e. The van der Waals surface area contributed by atoms with Crippen LogP contribution in [0.15, 0.2) is 29.2 Å². The molecule has 0 aliphatic carbocycles. The Kier molecular flexibility index (Phi) is 6.50. The predicted molar refractivity (Wildman–Crippen MR) is 83.2 cm³/mol. The number of hydrogen-bond donors (Lipinski definition) is 1. The van der Waals surface area contributed by atoms with Crippen molar-refractivity contribution in [1.29, 1.82) is 0 Å². The highest BCUT2D eigenvalue weighted by atomic mass is 79.9. The van der Waals surface area contributed by atoms with E-state index < -0.39 is 10.0 Å². The van der Waals surface area contributed by atoms with Crippen LogP contribution < -0.4 is 4.72 Å². The van der Waals surface area contributed by atoms with E-state index in [0.29, 0.717) is 4.90 Å². The predicted octanol–water partition coefficient (Wildman–Crippen LogP) is 3.34. The van der Waals surface area contributed by atoms with Crippen molar-refractivity contribution in [2.24, 2.45) is 5.92 Å². The zero-order valence-corrected chi connectivity index (χ0v) is 14.1. The van der Waals surface area contributed by atoms with Gasteiger partial charge in [-0.05, 0) is 37.0 Å². The molecule has 0 radical (unpaired) electrons. The molecule has 0 aromatic heterocycles. The number of rotatable bonds is 7. The molecule has 0 saturated heterocycles. The van der Waals surface area contributed by atoms with Crippen molar-refractivity contribution in [1.82, 2.24) is 4.72 Å². The number of alkyl halides is 1. The number of nitrogens with one attached hydrogen (secondary N) is 1. The standard InChI is InChI=1S/C14H22BrNO2S/c1-4-5-13-6-8-14(9-7-13)19(17,18)16-12(3)11(2)10-15/h6-9,11-12,16H,4-5,10H2,1-3H3. The van der Waals surface area contributed by atoms with Gasteiger partial charge in [0.2, 0.25) is 10.0 Å². The number of benzene rings is 1. The molecule has 0 heterocycles. The maximum atomic E-state index is 12.2. The highest BCUT2D eigenvalue weighted by Gasteiger charge is 2.20. The summed E-state index contributed by atoms with van der Waals surface area (Å²) < 4.78 is 27.1. The van der Waals surface area contributed by atoms with E-state index >= 15 is 0 Å². The Hall–Kier alpha value is -0.390. The van der Waals surface area contributed by atoms with Crippen LogP contribution in [0, 0.1) is 5.92 Å². The molecule has 3 nitrogen and oxygen atoms in total. The van der Waals surface area contributed by atoms with Gasteiger partial charge in [0.1, 0.15) is 0 Å². The average Bonchev–Trinajstić information content (AvgIpc) is 2.38. The van der Waals surface area contributed by atoms with E-state index in [1.807, 2.05) is 26.0 Å². The Balaban J connectivity index is 2.82. The van der Waals surface area contributed by atoms with Gasteiger partial charge in [0.05, 0.1) is 4.90 Å². The maximum absolute atomic E-state index is 12.2. The maximum Gasteiger partial charge on any atom is 0.240 e. The van der Waals surface area contributed by atoms with Gasteiger partial charge in [-0.15, -0.1) is 0 Å². The topological polar surface area (TPSA) is 46.2 Å². The molecule has 1 aromatic rings. The normalized spacial score (nSPS) is 15.2. The van der Waals surface area contributed by atoms with Crippen molar-refractivity contribution in [3.05, 3.63) is 29.8 Å². The third-order valence-corrected chi connectivity index (χ3v) is 5.81. The van der Waals surface area contributed by atoms with E-state index in [0.717, 1.165) is 18.2 Å². The monoisotopic (exact) mass is 347 g/mol. The second-order valence-corrected chi connectivity index (χ2v) is 7.30. The van der Waals surface area contributed by atoms with Crippen LogP contribution in [0.2, 0.25) is 0 Å². The van der Waals surface area contributed by atoms with Crippen molar-refractivity contribution in [3.8, 4) is 0 Å². The molecule has 0 saturated carbocycles. The van der Waals surface area contributed by atoms with Crippen molar-refractivity contribution in [2.75, 3.05) is 5.33 Å². The van der Waals surface area contributed by atoms with Crippen LogP contribution in [0.1, 0.15) is 32.8 Å². The van der Waals surface area contributed by atoms with E-state index in [1.54, 1.807) is 12.1 Å². The van der Waals surface area contributed by atoms with Gasteiger partial charge in [0, 0.05) is 11.4 Å².